The molecule has 2 N–H and O–H groups in total. The highest BCUT2D eigenvalue weighted by atomic mass is 32.2. The lowest BCUT2D eigenvalue weighted by Gasteiger charge is -2.21. The number of sulfonamides is 1. The van der Waals surface area contributed by atoms with Crippen molar-refractivity contribution < 1.29 is 22.3 Å². The molecule has 0 amide bonds. The van der Waals surface area contributed by atoms with E-state index in [1.165, 1.54) is 0 Å². The molecule has 0 fully saturated rings. The zero-order valence-electron chi connectivity index (χ0n) is 11.5. The van der Waals surface area contributed by atoms with Crippen molar-refractivity contribution in [3.05, 3.63) is 29.8 Å². The molecule has 0 saturated carbocycles. The number of rotatable bonds is 7. The standard InChI is InChI=1S/C13H19F2NO3S/c1-13(2,9-17)7-4-8-16-20(18,19)11-6-3-5-10(14)12(11)15/h3,5-6,16-17H,4,7-9H2,1-2H3. The van der Waals surface area contributed by atoms with Crippen molar-refractivity contribution in [3.63, 3.8) is 0 Å². The third-order valence-corrected chi connectivity index (χ3v) is 4.43. The molecule has 0 spiro atoms. The van der Waals surface area contributed by atoms with E-state index in [1.807, 2.05) is 13.8 Å². The molecular weight excluding hydrogens is 288 g/mol. The molecule has 0 heterocycles. The average Bonchev–Trinajstić information content (AvgIpc) is 2.38. The quantitative estimate of drug-likeness (QED) is 0.758. The van der Waals surface area contributed by atoms with Gasteiger partial charge in [-0.3, -0.25) is 0 Å². The van der Waals surface area contributed by atoms with E-state index in [4.69, 9.17) is 5.11 Å². The summed E-state index contributed by atoms with van der Waals surface area (Å²) in [5, 5.41) is 9.07. The van der Waals surface area contributed by atoms with Crippen molar-refractivity contribution in [1.82, 2.24) is 4.72 Å². The van der Waals surface area contributed by atoms with E-state index in [9.17, 15) is 17.2 Å². The summed E-state index contributed by atoms with van der Waals surface area (Å²) < 4.78 is 52.3. The average molecular weight is 307 g/mol. The van der Waals surface area contributed by atoms with Gasteiger partial charge >= 0.3 is 0 Å². The molecule has 1 rings (SSSR count). The predicted octanol–water partition coefficient (Wildman–Crippen LogP) is 2.04. The molecule has 0 aliphatic rings. The number of hydrogen-bond donors (Lipinski definition) is 2. The van der Waals surface area contributed by atoms with Crippen LogP contribution in [0.3, 0.4) is 0 Å². The smallest absolute Gasteiger partial charge is 0.243 e. The lowest BCUT2D eigenvalue weighted by molar-refractivity contribution is 0.148. The van der Waals surface area contributed by atoms with Crippen LogP contribution >= 0.6 is 0 Å². The van der Waals surface area contributed by atoms with Gasteiger partial charge in [0.15, 0.2) is 11.6 Å². The highest BCUT2D eigenvalue weighted by Gasteiger charge is 2.21. The molecule has 0 unspecified atom stereocenters. The summed E-state index contributed by atoms with van der Waals surface area (Å²) in [6.45, 7) is 3.81. The largest absolute Gasteiger partial charge is 0.396 e. The Balaban J connectivity index is 2.65. The van der Waals surface area contributed by atoms with Gasteiger partial charge in [-0.1, -0.05) is 19.9 Å². The summed E-state index contributed by atoms with van der Waals surface area (Å²) >= 11 is 0. The molecule has 0 saturated heterocycles. The van der Waals surface area contributed by atoms with Crippen LogP contribution in [-0.4, -0.2) is 26.7 Å². The minimum Gasteiger partial charge on any atom is -0.396 e. The normalized spacial score (nSPS) is 12.7. The molecule has 0 aliphatic heterocycles. The number of benzene rings is 1. The number of nitrogens with one attached hydrogen (secondary N) is 1. The summed E-state index contributed by atoms with van der Waals surface area (Å²) in [6, 6.07) is 3.01. The van der Waals surface area contributed by atoms with E-state index >= 15 is 0 Å². The Morgan fingerprint density at radius 2 is 1.95 bits per heavy atom. The Morgan fingerprint density at radius 3 is 2.55 bits per heavy atom. The Morgan fingerprint density at radius 1 is 1.30 bits per heavy atom. The van der Waals surface area contributed by atoms with E-state index < -0.39 is 26.6 Å². The van der Waals surface area contributed by atoms with Gasteiger partial charge in [-0.25, -0.2) is 21.9 Å². The maximum atomic E-state index is 13.4. The minimum absolute atomic E-state index is 0.00171. The van der Waals surface area contributed by atoms with Crippen molar-refractivity contribution >= 4 is 10.0 Å². The van der Waals surface area contributed by atoms with Crippen LogP contribution < -0.4 is 4.72 Å². The van der Waals surface area contributed by atoms with Crippen LogP contribution in [0.1, 0.15) is 26.7 Å². The second-order valence-corrected chi connectivity index (χ2v) is 7.11. The molecular formula is C13H19F2NO3S. The van der Waals surface area contributed by atoms with E-state index in [1.54, 1.807) is 0 Å². The first-order valence-corrected chi connectivity index (χ1v) is 7.72. The lowest BCUT2D eigenvalue weighted by Crippen LogP contribution is -2.27. The first-order chi connectivity index (χ1) is 9.19. The van der Waals surface area contributed by atoms with E-state index in [-0.39, 0.29) is 18.6 Å². The summed E-state index contributed by atoms with van der Waals surface area (Å²) in [5.74, 6) is -2.58. The first kappa shape index (κ1) is 17.0. The molecule has 7 heteroatoms. The number of halogens is 2. The fourth-order valence-electron chi connectivity index (χ4n) is 1.62. The van der Waals surface area contributed by atoms with Gasteiger partial charge in [0.05, 0.1) is 0 Å². The molecule has 114 valence electrons. The number of hydrogen-bond acceptors (Lipinski definition) is 3. The predicted molar refractivity (Wildman–Crippen MR) is 71.6 cm³/mol. The molecule has 20 heavy (non-hydrogen) atoms. The summed E-state index contributed by atoms with van der Waals surface area (Å²) in [5.41, 5.74) is -0.296. The summed E-state index contributed by atoms with van der Waals surface area (Å²) in [7, 11) is -4.07. The summed E-state index contributed by atoms with van der Waals surface area (Å²) in [4.78, 5) is -0.695. The van der Waals surface area contributed by atoms with Crippen LogP contribution in [0, 0.1) is 17.0 Å². The van der Waals surface area contributed by atoms with E-state index in [0.29, 0.717) is 12.8 Å². The zero-order chi connectivity index (χ0) is 15.4. The highest BCUT2D eigenvalue weighted by molar-refractivity contribution is 7.89. The van der Waals surface area contributed by atoms with Crippen LogP contribution in [0.4, 0.5) is 8.78 Å². The topological polar surface area (TPSA) is 66.4 Å². The van der Waals surface area contributed by atoms with Gasteiger partial charge in [0.2, 0.25) is 10.0 Å². The fraction of sp³-hybridized carbons (Fsp3) is 0.538. The molecule has 0 bridgehead atoms. The highest BCUT2D eigenvalue weighted by Crippen LogP contribution is 2.21. The molecule has 1 aromatic rings. The van der Waals surface area contributed by atoms with Crippen molar-refractivity contribution in [3.8, 4) is 0 Å². The van der Waals surface area contributed by atoms with Gasteiger partial charge in [-0.05, 0) is 30.4 Å². The first-order valence-electron chi connectivity index (χ1n) is 6.24. The van der Waals surface area contributed by atoms with Gasteiger partial charge in [0, 0.05) is 13.2 Å². The lowest BCUT2D eigenvalue weighted by atomic mass is 9.89. The Labute approximate surface area is 117 Å². The van der Waals surface area contributed by atoms with Gasteiger partial charge in [0.25, 0.3) is 0 Å². The second kappa shape index (κ2) is 6.60. The van der Waals surface area contributed by atoms with Gasteiger partial charge in [-0.2, -0.15) is 0 Å². The van der Waals surface area contributed by atoms with Crippen molar-refractivity contribution in [2.75, 3.05) is 13.2 Å². The van der Waals surface area contributed by atoms with Crippen LogP contribution in [0.15, 0.2) is 23.1 Å². The molecule has 0 radical (unpaired) electrons. The minimum atomic E-state index is -4.07. The van der Waals surface area contributed by atoms with E-state index in [0.717, 1.165) is 18.2 Å². The van der Waals surface area contributed by atoms with Crippen molar-refractivity contribution in [2.24, 2.45) is 5.41 Å². The maximum absolute atomic E-state index is 13.4. The number of aliphatic hydroxyl groups excluding tert-OH is 1. The zero-order valence-corrected chi connectivity index (χ0v) is 12.3. The Bertz CT molecular complexity index is 559. The third kappa shape index (κ3) is 4.50. The van der Waals surface area contributed by atoms with Crippen molar-refractivity contribution in [1.29, 1.82) is 0 Å². The fourth-order valence-corrected chi connectivity index (χ4v) is 2.78. The second-order valence-electron chi connectivity index (χ2n) is 5.38. The van der Waals surface area contributed by atoms with Crippen LogP contribution in [-0.2, 0) is 10.0 Å². The molecule has 4 nitrogen and oxygen atoms in total. The van der Waals surface area contributed by atoms with Gasteiger partial charge in [0.1, 0.15) is 4.90 Å². The van der Waals surface area contributed by atoms with Crippen molar-refractivity contribution in [2.45, 2.75) is 31.6 Å². The monoisotopic (exact) mass is 307 g/mol. The van der Waals surface area contributed by atoms with Crippen LogP contribution in [0.5, 0.6) is 0 Å². The Hall–Kier alpha value is -1.05. The molecule has 0 aromatic heterocycles. The Kier molecular flexibility index (Phi) is 5.61. The SMILES string of the molecule is CC(C)(CO)CCCNS(=O)(=O)c1cccc(F)c1F. The number of aliphatic hydroxyl groups is 1. The van der Waals surface area contributed by atoms with Crippen LogP contribution in [0.2, 0.25) is 0 Å². The summed E-state index contributed by atoms with van der Waals surface area (Å²) in [6.07, 6.45) is 1.10. The van der Waals surface area contributed by atoms with Gasteiger partial charge < -0.3 is 5.11 Å². The molecule has 0 aliphatic carbocycles. The third-order valence-electron chi connectivity index (χ3n) is 2.96. The molecule has 1 aromatic carbocycles. The molecule has 0 atom stereocenters. The van der Waals surface area contributed by atoms with Crippen LogP contribution in [0.25, 0.3) is 0 Å². The van der Waals surface area contributed by atoms with Gasteiger partial charge in [-0.15, -0.1) is 0 Å². The maximum Gasteiger partial charge on any atom is 0.243 e. The van der Waals surface area contributed by atoms with E-state index in [2.05, 4.69) is 4.72 Å².